The van der Waals surface area contributed by atoms with Gasteiger partial charge in [-0.15, -0.1) is 0 Å². The Balaban J connectivity index is 3.48. The van der Waals surface area contributed by atoms with E-state index in [1.807, 2.05) is 4.98 Å². The van der Waals surface area contributed by atoms with Crippen LogP contribution >= 0.6 is 0 Å². The van der Waals surface area contributed by atoms with Crippen molar-refractivity contribution in [2.45, 2.75) is 0 Å². The standard InChI is InChI=1S/C5H6N4O3/c6-3-2(1-7-12)8-5(11)9-4(3)10/h1,12H,6H2,(H2,8,9,10,11)/b7-1+. The van der Waals surface area contributed by atoms with Crippen molar-refractivity contribution in [3.63, 3.8) is 0 Å². The lowest BCUT2D eigenvalue weighted by molar-refractivity contribution is 0.321. The Kier molecular flexibility index (Phi) is 1.95. The van der Waals surface area contributed by atoms with Crippen molar-refractivity contribution in [2.24, 2.45) is 5.16 Å². The van der Waals surface area contributed by atoms with Gasteiger partial charge in [-0.3, -0.25) is 9.78 Å². The molecule has 0 saturated heterocycles. The van der Waals surface area contributed by atoms with Crippen LogP contribution < -0.4 is 17.0 Å². The largest absolute Gasteiger partial charge is 0.411 e. The van der Waals surface area contributed by atoms with Gasteiger partial charge in [-0.25, -0.2) is 4.79 Å². The molecular formula is C5H6N4O3. The number of rotatable bonds is 1. The molecule has 0 amide bonds. The van der Waals surface area contributed by atoms with Crippen LogP contribution in [0.3, 0.4) is 0 Å². The van der Waals surface area contributed by atoms with Crippen LogP contribution in [0.5, 0.6) is 0 Å². The number of oxime groups is 1. The molecule has 5 N–H and O–H groups in total. The minimum atomic E-state index is -0.714. The van der Waals surface area contributed by atoms with Crippen LogP contribution in [0.2, 0.25) is 0 Å². The summed E-state index contributed by atoms with van der Waals surface area (Å²) < 4.78 is 0. The monoisotopic (exact) mass is 170 g/mol. The van der Waals surface area contributed by atoms with E-state index in [-0.39, 0.29) is 11.4 Å². The van der Waals surface area contributed by atoms with Gasteiger partial charge >= 0.3 is 5.69 Å². The van der Waals surface area contributed by atoms with Crippen molar-refractivity contribution in [1.29, 1.82) is 0 Å². The number of hydrogen-bond acceptors (Lipinski definition) is 5. The lowest BCUT2D eigenvalue weighted by atomic mass is 10.4. The molecule has 0 unspecified atom stereocenters. The van der Waals surface area contributed by atoms with Gasteiger partial charge in [-0.1, -0.05) is 5.16 Å². The van der Waals surface area contributed by atoms with Gasteiger partial charge in [-0.2, -0.15) is 0 Å². The number of aromatic nitrogens is 2. The molecule has 12 heavy (non-hydrogen) atoms. The SMILES string of the molecule is Nc1c(/C=N/O)[nH]c(=O)[nH]c1=O. The third-order valence-corrected chi connectivity index (χ3v) is 1.20. The van der Waals surface area contributed by atoms with E-state index in [4.69, 9.17) is 10.9 Å². The predicted molar refractivity (Wildman–Crippen MR) is 41.5 cm³/mol. The fourth-order valence-electron chi connectivity index (χ4n) is 0.673. The van der Waals surface area contributed by atoms with Gasteiger partial charge in [0.1, 0.15) is 5.69 Å². The van der Waals surface area contributed by atoms with Crippen LogP contribution in [0.1, 0.15) is 5.69 Å². The van der Waals surface area contributed by atoms with Crippen molar-refractivity contribution in [3.05, 3.63) is 26.5 Å². The number of nitrogens with two attached hydrogens (primary N) is 1. The van der Waals surface area contributed by atoms with Crippen LogP contribution in [-0.2, 0) is 0 Å². The maximum Gasteiger partial charge on any atom is 0.326 e. The van der Waals surface area contributed by atoms with Crippen LogP contribution in [-0.4, -0.2) is 21.4 Å². The summed E-state index contributed by atoms with van der Waals surface area (Å²) in [6.45, 7) is 0. The van der Waals surface area contributed by atoms with Gasteiger partial charge < -0.3 is 15.9 Å². The maximum absolute atomic E-state index is 10.8. The Labute approximate surface area is 65.5 Å². The smallest absolute Gasteiger partial charge is 0.326 e. The summed E-state index contributed by atoms with van der Waals surface area (Å²) in [4.78, 5) is 25.5. The van der Waals surface area contributed by atoms with Crippen LogP contribution in [0.25, 0.3) is 0 Å². The molecule has 0 aromatic carbocycles. The molecule has 0 spiro atoms. The highest BCUT2D eigenvalue weighted by molar-refractivity contribution is 5.83. The first-order chi connectivity index (χ1) is 5.65. The molecule has 0 atom stereocenters. The Morgan fingerprint density at radius 2 is 2.08 bits per heavy atom. The third kappa shape index (κ3) is 1.34. The lowest BCUT2D eigenvalue weighted by Gasteiger charge is -1.94. The predicted octanol–water partition coefficient (Wildman–Crippen LogP) is -1.55. The zero-order valence-corrected chi connectivity index (χ0v) is 5.87. The minimum Gasteiger partial charge on any atom is -0.411 e. The first kappa shape index (κ1) is 8.05. The third-order valence-electron chi connectivity index (χ3n) is 1.20. The van der Waals surface area contributed by atoms with E-state index in [1.165, 1.54) is 0 Å². The molecule has 1 aromatic rings. The fraction of sp³-hybridized carbons (Fsp3) is 0. The highest BCUT2D eigenvalue weighted by Gasteiger charge is 2.01. The first-order valence-electron chi connectivity index (χ1n) is 2.94. The number of aromatic amines is 2. The Morgan fingerprint density at radius 3 is 2.67 bits per heavy atom. The van der Waals surface area contributed by atoms with Crippen LogP contribution in [0.15, 0.2) is 14.7 Å². The fourth-order valence-corrected chi connectivity index (χ4v) is 0.673. The number of hydrogen-bond donors (Lipinski definition) is 4. The number of nitrogen functional groups attached to an aromatic ring is 1. The topological polar surface area (TPSA) is 124 Å². The zero-order chi connectivity index (χ0) is 9.14. The zero-order valence-electron chi connectivity index (χ0n) is 5.87. The van der Waals surface area contributed by atoms with E-state index in [9.17, 15) is 9.59 Å². The van der Waals surface area contributed by atoms with E-state index in [1.54, 1.807) is 0 Å². The summed E-state index contributed by atoms with van der Waals surface area (Å²) in [5, 5.41) is 10.7. The van der Waals surface area contributed by atoms with E-state index < -0.39 is 11.2 Å². The highest BCUT2D eigenvalue weighted by atomic mass is 16.4. The molecule has 0 aliphatic carbocycles. The second-order valence-electron chi connectivity index (χ2n) is 1.98. The Hall–Kier alpha value is -2.05. The average molecular weight is 170 g/mol. The first-order valence-corrected chi connectivity index (χ1v) is 2.94. The minimum absolute atomic E-state index is 0.0220. The van der Waals surface area contributed by atoms with Crippen molar-refractivity contribution in [1.82, 2.24) is 9.97 Å². The number of nitrogens with zero attached hydrogens (tertiary/aromatic N) is 1. The van der Waals surface area contributed by atoms with Crippen molar-refractivity contribution in [2.75, 3.05) is 5.73 Å². The molecular weight excluding hydrogens is 164 g/mol. The molecule has 0 fully saturated rings. The highest BCUT2D eigenvalue weighted by Crippen LogP contribution is 1.92. The van der Waals surface area contributed by atoms with Crippen molar-refractivity contribution >= 4 is 11.9 Å². The molecule has 0 saturated carbocycles. The molecule has 0 aliphatic heterocycles. The van der Waals surface area contributed by atoms with Gasteiger partial charge in [0.05, 0.1) is 11.9 Å². The Bertz CT molecular complexity index is 415. The van der Waals surface area contributed by atoms with Crippen molar-refractivity contribution < 1.29 is 5.21 Å². The van der Waals surface area contributed by atoms with E-state index in [0.717, 1.165) is 6.21 Å². The van der Waals surface area contributed by atoms with Crippen LogP contribution in [0.4, 0.5) is 5.69 Å². The van der Waals surface area contributed by atoms with Gasteiger partial charge in [0, 0.05) is 0 Å². The summed E-state index contributed by atoms with van der Waals surface area (Å²) in [6.07, 6.45) is 0.867. The molecule has 7 nitrogen and oxygen atoms in total. The second-order valence-corrected chi connectivity index (χ2v) is 1.98. The quantitative estimate of drug-likeness (QED) is 0.231. The summed E-state index contributed by atoms with van der Waals surface area (Å²) in [5.41, 5.74) is 3.58. The van der Waals surface area contributed by atoms with Gasteiger partial charge in [0.15, 0.2) is 0 Å². The molecule has 7 heteroatoms. The maximum atomic E-state index is 10.8. The molecule has 0 aliphatic rings. The van der Waals surface area contributed by atoms with Gasteiger partial charge in [0.2, 0.25) is 0 Å². The van der Waals surface area contributed by atoms with Crippen LogP contribution in [0, 0.1) is 0 Å². The second kappa shape index (κ2) is 2.91. The van der Waals surface area contributed by atoms with E-state index >= 15 is 0 Å². The molecule has 0 bridgehead atoms. The average Bonchev–Trinajstić information content (AvgIpc) is 2.00. The Morgan fingerprint density at radius 1 is 1.42 bits per heavy atom. The number of nitrogens with one attached hydrogen (secondary N) is 2. The summed E-state index contributed by atoms with van der Waals surface area (Å²) in [5.74, 6) is 0. The van der Waals surface area contributed by atoms with Gasteiger partial charge in [-0.05, 0) is 0 Å². The molecule has 1 rings (SSSR count). The summed E-state index contributed by atoms with van der Waals surface area (Å²) >= 11 is 0. The summed E-state index contributed by atoms with van der Waals surface area (Å²) in [7, 11) is 0. The summed E-state index contributed by atoms with van der Waals surface area (Å²) in [6, 6.07) is 0. The molecule has 64 valence electrons. The molecule has 1 heterocycles. The molecule has 1 aromatic heterocycles. The normalized spacial score (nSPS) is 10.7. The van der Waals surface area contributed by atoms with E-state index in [0.29, 0.717) is 0 Å². The van der Waals surface area contributed by atoms with Gasteiger partial charge in [0.25, 0.3) is 5.56 Å². The number of H-pyrrole nitrogens is 2. The lowest BCUT2D eigenvalue weighted by Crippen LogP contribution is -2.26. The number of anilines is 1. The van der Waals surface area contributed by atoms with E-state index in [2.05, 4.69) is 10.1 Å². The van der Waals surface area contributed by atoms with Crippen molar-refractivity contribution in [3.8, 4) is 0 Å². The molecule has 0 radical (unpaired) electrons.